The summed E-state index contributed by atoms with van der Waals surface area (Å²) >= 11 is 7.93. The van der Waals surface area contributed by atoms with Crippen molar-refractivity contribution in [1.82, 2.24) is 9.88 Å². The topological polar surface area (TPSA) is 28.2 Å². The van der Waals surface area contributed by atoms with Crippen molar-refractivity contribution in [2.75, 3.05) is 38.8 Å². The molecule has 5 heteroatoms. The fourth-order valence-corrected chi connectivity index (χ4v) is 2.44. The second kappa shape index (κ2) is 6.99. The molecule has 1 N–H and O–H groups in total. The predicted octanol–water partition coefficient (Wildman–Crippen LogP) is 2.57. The summed E-state index contributed by atoms with van der Waals surface area (Å²) in [6.07, 6.45) is 0. The molecule has 0 saturated carbocycles. The molecule has 1 aromatic heterocycles. The van der Waals surface area contributed by atoms with E-state index in [1.807, 2.05) is 30.9 Å². The van der Waals surface area contributed by atoms with Crippen molar-refractivity contribution in [1.29, 1.82) is 0 Å². The van der Waals surface area contributed by atoms with Crippen LogP contribution in [-0.2, 0) is 5.75 Å². The lowest BCUT2D eigenvalue weighted by Crippen LogP contribution is -2.14. The van der Waals surface area contributed by atoms with Gasteiger partial charge in [-0.1, -0.05) is 11.6 Å². The number of halogens is 1. The smallest absolute Gasteiger partial charge is 0.126 e. The standard InChI is InChI=1S/C11H18ClN3S/c1-13-11-5-4-9(12)10(14-11)8-16-7-6-15(2)3/h4-5H,6-8H2,1-3H3,(H,13,14). The van der Waals surface area contributed by atoms with Crippen LogP contribution in [0.2, 0.25) is 5.02 Å². The maximum Gasteiger partial charge on any atom is 0.126 e. The van der Waals surface area contributed by atoms with Crippen LogP contribution < -0.4 is 5.32 Å². The summed E-state index contributed by atoms with van der Waals surface area (Å²) in [5.74, 6) is 2.82. The van der Waals surface area contributed by atoms with Gasteiger partial charge < -0.3 is 10.2 Å². The molecule has 90 valence electrons. The number of hydrogen-bond donors (Lipinski definition) is 1. The van der Waals surface area contributed by atoms with Gasteiger partial charge in [-0.3, -0.25) is 0 Å². The van der Waals surface area contributed by atoms with Gasteiger partial charge in [0, 0.05) is 25.1 Å². The number of anilines is 1. The van der Waals surface area contributed by atoms with E-state index in [0.717, 1.165) is 34.6 Å². The molecule has 0 unspecified atom stereocenters. The van der Waals surface area contributed by atoms with Gasteiger partial charge in [-0.05, 0) is 26.2 Å². The van der Waals surface area contributed by atoms with Crippen molar-refractivity contribution in [3.8, 4) is 0 Å². The zero-order valence-corrected chi connectivity index (χ0v) is 11.5. The van der Waals surface area contributed by atoms with Crippen LogP contribution >= 0.6 is 23.4 Å². The predicted molar refractivity (Wildman–Crippen MR) is 73.5 cm³/mol. The SMILES string of the molecule is CNc1ccc(Cl)c(CSCCN(C)C)n1. The maximum atomic E-state index is 6.08. The summed E-state index contributed by atoms with van der Waals surface area (Å²) in [5.41, 5.74) is 0.956. The zero-order valence-electron chi connectivity index (χ0n) is 9.96. The third kappa shape index (κ3) is 4.60. The van der Waals surface area contributed by atoms with Crippen LogP contribution in [0.25, 0.3) is 0 Å². The van der Waals surface area contributed by atoms with Gasteiger partial charge in [0.2, 0.25) is 0 Å². The molecule has 0 aromatic carbocycles. The molecule has 0 amide bonds. The van der Waals surface area contributed by atoms with E-state index >= 15 is 0 Å². The van der Waals surface area contributed by atoms with Gasteiger partial charge in [0.05, 0.1) is 10.7 Å². The monoisotopic (exact) mass is 259 g/mol. The van der Waals surface area contributed by atoms with Gasteiger partial charge in [-0.25, -0.2) is 4.98 Å². The van der Waals surface area contributed by atoms with E-state index < -0.39 is 0 Å². The molecule has 0 aliphatic heterocycles. The molecule has 1 rings (SSSR count). The quantitative estimate of drug-likeness (QED) is 0.795. The summed E-state index contributed by atoms with van der Waals surface area (Å²) in [4.78, 5) is 6.60. The minimum atomic E-state index is 0.747. The Labute approximate surface area is 107 Å². The highest BCUT2D eigenvalue weighted by Gasteiger charge is 2.03. The van der Waals surface area contributed by atoms with Crippen LogP contribution in [0.15, 0.2) is 12.1 Å². The number of nitrogens with one attached hydrogen (secondary N) is 1. The first-order valence-electron chi connectivity index (χ1n) is 5.19. The third-order valence-corrected chi connectivity index (χ3v) is 3.39. The lowest BCUT2D eigenvalue weighted by molar-refractivity contribution is 0.437. The molecule has 16 heavy (non-hydrogen) atoms. The first-order chi connectivity index (χ1) is 7.63. The molecular formula is C11H18ClN3S. The number of hydrogen-bond acceptors (Lipinski definition) is 4. The van der Waals surface area contributed by atoms with Crippen LogP contribution in [0, 0.1) is 0 Å². The van der Waals surface area contributed by atoms with Gasteiger partial charge in [0.1, 0.15) is 5.82 Å². The fraction of sp³-hybridized carbons (Fsp3) is 0.545. The second-order valence-corrected chi connectivity index (χ2v) is 5.24. The first-order valence-corrected chi connectivity index (χ1v) is 6.72. The van der Waals surface area contributed by atoms with E-state index in [-0.39, 0.29) is 0 Å². The molecule has 0 bridgehead atoms. The summed E-state index contributed by atoms with van der Waals surface area (Å²) in [5, 5.41) is 3.76. The normalized spacial score (nSPS) is 10.8. The highest BCUT2D eigenvalue weighted by molar-refractivity contribution is 7.98. The summed E-state index contributed by atoms with van der Waals surface area (Å²) < 4.78 is 0. The average molecular weight is 260 g/mol. The van der Waals surface area contributed by atoms with Crippen molar-refractivity contribution >= 4 is 29.2 Å². The number of aromatic nitrogens is 1. The third-order valence-electron chi connectivity index (χ3n) is 2.10. The number of rotatable bonds is 6. The Kier molecular flexibility index (Phi) is 5.95. The van der Waals surface area contributed by atoms with Crippen molar-refractivity contribution in [3.05, 3.63) is 22.8 Å². The van der Waals surface area contributed by atoms with Crippen LogP contribution in [0.5, 0.6) is 0 Å². The second-order valence-electron chi connectivity index (χ2n) is 3.73. The zero-order chi connectivity index (χ0) is 12.0. The fourth-order valence-electron chi connectivity index (χ4n) is 1.14. The molecule has 1 aromatic rings. The molecule has 0 saturated heterocycles. The number of pyridine rings is 1. The van der Waals surface area contributed by atoms with E-state index in [0.29, 0.717) is 0 Å². The Morgan fingerprint density at radius 2 is 2.19 bits per heavy atom. The Balaban J connectivity index is 2.46. The van der Waals surface area contributed by atoms with Crippen molar-refractivity contribution in [3.63, 3.8) is 0 Å². The Morgan fingerprint density at radius 1 is 1.44 bits per heavy atom. The number of thioether (sulfide) groups is 1. The van der Waals surface area contributed by atoms with Gasteiger partial charge in [-0.15, -0.1) is 0 Å². The Morgan fingerprint density at radius 3 is 2.81 bits per heavy atom. The summed E-state index contributed by atoms with van der Waals surface area (Å²) in [7, 11) is 6.01. The molecule has 1 heterocycles. The molecule has 0 atom stereocenters. The molecular weight excluding hydrogens is 242 g/mol. The molecule has 3 nitrogen and oxygen atoms in total. The first kappa shape index (κ1) is 13.6. The minimum absolute atomic E-state index is 0.747. The average Bonchev–Trinajstić information content (AvgIpc) is 2.26. The van der Waals surface area contributed by atoms with Crippen LogP contribution in [-0.4, -0.2) is 43.3 Å². The minimum Gasteiger partial charge on any atom is -0.373 e. The molecule has 0 radical (unpaired) electrons. The van der Waals surface area contributed by atoms with E-state index in [2.05, 4.69) is 29.3 Å². The lowest BCUT2D eigenvalue weighted by Gasteiger charge is -2.09. The van der Waals surface area contributed by atoms with E-state index in [1.54, 1.807) is 0 Å². The van der Waals surface area contributed by atoms with Gasteiger partial charge >= 0.3 is 0 Å². The molecule has 0 fully saturated rings. The lowest BCUT2D eigenvalue weighted by atomic mass is 10.3. The van der Waals surface area contributed by atoms with Gasteiger partial charge in [-0.2, -0.15) is 11.8 Å². The van der Waals surface area contributed by atoms with Crippen molar-refractivity contribution < 1.29 is 0 Å². The largest absolute Gasteiger partial charge is 0.373 e. The Hall–Kier alpha value is -0.450. The van der Waals surface area contributed by atoms with Crippen molar-refractivity contribution in [2.24, 2.45) is 0 Å². The Bertz CT molecular complexity index is 331. The summed E-state index contributed by atoms with van der Waals surface area (Å²) in [6.45, 7) is 1.08. The highest BCUT2D eigenvalue weighted by atomic mass is 35.5. The van der Waals surface area contributed by atoms with E-state index in [9.17, 15) is 0 Å². The van der Waals surface area contributed by atoms with Gasteiger partial charge in [0.15, 0.2) is 0 Å². The van der Waals surface area contributed by atoms with E-state index in [4.69, 9.17) is 11.6 Å². The van der Waals surface area contributed by atoms with Crippen molar-refractivity contribution in [2.45, 2.75) is 5.75 Å². The maximum absolute atomic E-state index is 6.08. The molecule has 0 aliphatic rings. The molecule has 0 aliphatic carbocycles. The van der Waals surface area contributed by atoms with Crippen LogP contribution in [0.1, 0.15) is 5.69 Å². The molecule has 0 spiro atoms. The van der Waals surface area contributed by atoms with Crippen LogP contribution in [0.3, 0.4) is 0 Å². The van der Waals surface area contributed by atoms with Gasteiger partial charge in [0.25, 0.3) is 0 Å². The number of nitrogens with zero attached hydrogens (tertiary/aromatic N) is 2. The van der Waals surface area contributed by atoms with Crippen LogP contribution in [0.4, 0.5) is 5.82 Å². The highest BCUT2D eigenvalue weighted by Crippen LogP contribution is 2.21. The summed E-state index contributed by atoms with van der Waals surface area (Å²) in [6, 6.07) is 3.78. The van der Waals surface area contributed by atoms with E-state index in [1.165, 1.54) is 0 Å².